The number of halogens is 2. The Hall–Kier alpha value is -1.59. The molecule has 0 aliphatic heterocycles. The molecule has 3 rings (SSSR count). The van der Waals surface area contributed by atoms with Gasteiger partial charge in [0.1, 0.15) is 0 Å². The van der Waals surface area contributed by atoms with E-state index >= 15 is 0 Å². The van der Waals surface area contributed by atoms with E-state index in [-0.39, 0.29) is 0 Å². The van der Waals surface area contributed by atoms with Crippen molar-refractivity contribution in [1.82, 2.24) is 0 Å². The summed E-state index contributed by atoms with van der Waals surface area (Å²) < 4.78 is 0. The van der Waals surface area contributed by atoms with Gasteiger partial charge in [0, 0.05) is 0 Å². The van der Waals surface area contributed by atoms with Crippen molar-refractivity contribution in [3.05, 3.63) is 103 Å². The first-order chi connectivity index (χ1) is 14.7. The van der Waals surface area contributed by atoms with Crippen LogP contribution in [0.4, 0.5) is 0 Å². The van der Waals surface area contributed by atoms with Gasteiger partial charge in [-0.15, -0.1) is 0 Å². The SMILES string of the molecule is ClCCCCCCC=CCP(Cl)(c1ccccc1)(c1ccccc1)c1ccccc1. The quantitative estimate of drug-likeness (QED) is 0.122. The topological polar surface area (TPSA) is 0 Å². The molecule has 0 aliphatic rings. The number of benzene rings is 3. The van der Waals surface area contributed by atoms with Crippen LogP contribution in [0.2, 0.25) is 0 Å². The van der Waals surface area contributed by atoms with Gasteiger partial charge in [0.25, 0.3) is 0 Å². The molecule has 0 saturated heterocycles. The van der Waals surface area contributed by atoms with E-state index in [9.17, 15) is 0 Å². The standard InChI is InChI=1S/C27H31Cl2P/c28-23-15-4-2-1-3-5-16-24-30(29,25-17-9-6-10-18-25,26-19-11-7-12-20-26)27-21-13-8-14-22-27/h5-14,16-22H,1-4,15,23-24H2. The first-order valence-corrected chi connectivity index (χ1v) is 14.7. The summed E-state index contributed by atoms with van der Waals surface area (Å²) in [5.74, 6) is -2.38. The fraction of sp³-hybridized carbons (Fsp3) is 0.259. The van der Waals surface area contributed by atoms with Gasteiger partial charge < -0.3 is 0 Å². The molecule has 0 aliphatic carbocycles. The van der Waals surface area contributed by atoms with Crippen LogP contribution in [-0.2, 0) is 0 Å². The van der Waals surface area contributed by atoms with E-state index in [1.54, 1.807) is 0 Å². The van der Waals surface area contributed by atoms with E-state index in [1.165, 1.54) is 35.2 Å². The molecule has 0 fully saturated rings. The van der Waals surface area contributed by atoms with Crippen molar-refractivity contribution in [1.29, 1.82) is 0 Å². The Morgan fingerprint density at radius 1 is 0.567 bits per heavy atom. The molecule has 0 radical (unpaired) electrons. The molecule has 3 heteroatoms. The normalized spacial score (nSPS) is 13.2. The summed E-state index contributed by atoms with van der Waals surface area (Å²) in [6, 6.07) is 32.0. The number of unbranched alkanes of at least 4 members (excludes halogenated alkanes) is 4. The Bertz CT molecular complexity index is 808. The van der Waals surface area contributed by atoms with Gasteiger partial charge in [0.05, 0.1) is 0 Å². The number of hydrogen-bond donors (Lipinski definition) is 0. The summed E-state index contributed by atoms with van der Waals surface area (Å²) in [5, 5.41) is 3.65. The summed E-state index contributed by atoms with van der Waals surface area (Å²) in [7, 11) is 0. The first-order valence-electron chi connectivity index (χ1n) is 10.8. The molecule has 3 aromatic rings. The Balaban J connectivity index is 2.00. The Morgan fingerprint density at radius 3 is 1.43 bits per heavy atom. The number of alkyl halides is 1. The second-order valence-corrected chi connectivity index (χ2v) is 14.6. The maximum absolute atomic E-state index is 8.02. The minimum absolute atomic E-state index is 0.766. The van der Waals surface area contributed by atoms with Crippen molar-refractivity contribution in [3.63, 3.8) is 0 Å². The monoisotopic (exact) mass is 456 g/mol. The third-order valence-corrected chi connectivity index (χ3v) is 13.2. The molecule has 0 saturated carbocycles. The molecular weight excluding hydrogens is 426 g/mol. The molecular formula is C27H31Cl2P. The van der Waals surface area contributed by atoms with E-state index in [2.05, 4.69) is 103 Å². The van der Waals surface area contributed by atoms with Crippen LogP contribution in [0.25, 0.3) is 0 Å². The predicted molar refractivity (Wildman–Crippen MR) is 139 cm³/mol. The molecule has 0 spiro atoms. The van der Waals surface area contributed by atoms with Crippen LogP contribution in [0.15, 0.2) is 103 Å². The van der Waals surface area contributed by atoms with Gasteiger partial charge in [0.2, 0.25) is 0 Å². The predicted octanol–water partition coefficient (Wildman–Crippen LogP) is 7.42. The van der Waals surface area contributed by atoms with Crippen LogP contribution in [0.3, 0.4) is 0 Å². The second-order valence-electron chi connectivity index (χ2n) is 7.74. The Morgan fingerprint density at radius 2 is 1.00 bits per heavy atom. The molecule has 0 nitrogen and oxygen atoms in total. The maximum atomic E-state index is 8.02. The fourth-order valence-corrected chi connectivity index (χ4v) is 9.98. The van der Waals surface area contributed by atoms with Crippen LogP contribution in [-0.4, -0.2) is 12.0 Å². The molecule has 158 valence electrons. The van der Waals surface area contributed by atoms with Crippen molar-refractivity contribution >= 4 is 44.7 Å². The summed E-state index contributed by atoms with van der Waals surface area (Å²) >= 11 is 13.8. The molecule has 0 heterocycles. The van der Waals surface area contributed by atoms with E-state index in [0.29, 0.717) is 0 Å². The fourth-order valence-electron chi connectivity index (χ4n) is 4.08. The van der Waals surface area contributed by atoms with Gasteiger partial charge in [0.15, 0.2) is 0 Å². The second kappa shape index (κ2) is 11.1. The molecule has 0 aromatic heterocycles. The van der Waals surface area contributed by atoms with Crippen LogP contribution in [0.5, 0.6) is 0 Å². The van der Waals surface area contributed by atoms with Crippen LogP contribution in [0, 0.1) is 0 Å². The van der Waals surface area contributed by atoms with E-state index < -0.39 is 5.96 Å². The summed E-state index contributed by atoms with van der Waals surface area (Å²) in [6.45, 7) is 0. The first kappa shape index (κ1) is 23.1. The zero-order valence-electron chi connectivity index (χ0n) is 17.5. The van der Waals surface area contributed by atoms with Gasteiger partial charge in [-0.1, -0.05) is 0 Å². The summed E-state index contributed by atoms with van der Waals surface area (Å²) in [4.78, 5) is 0. The molecule has 3 aromatic carbocycles. The average molecular weight is 457 g/mol. The average Bonchev–Trinajstić information content (AvgIpc) is 2.82. The number of allylic oxidation sites excluding steroid dienone is 2. The van der Waals surface area contributed by atoms with Crippen molar-refractivity contribution in [2.75, 3.05) is 12.0 Å². The van der Waals surface area contributed by atoms with Crippen molar-refractivity contribution in [2.24, 2.45) is 0 Å². The summed E-state index contributed by atoms with van der Waals surface area (Å²) in [5.41, 5.74) is 0. The van der Waals surface area contributed by atoms with E-state index in [0.717, 1.165) is 24.9 Å². The molecule has 0 atom stereocenters. The van der Waals surface area contributed by atoms with Gasteiger partial charge in [-0.3, -0.25) is 0 Å². The molecule has 0 unspecified atom stereocenters. The van der Waals surface area contributed by atoms with Gasteiger partial charge in [-0.2, -0.15) is 0 Å². The van der Waals surface area contributed by atoms with Crippen molar-refractivity contribution < 1.29 is 0 Å². The van der Waals surface area contributed by atoms with E-state index in [4.69, 9.17) is 22.8 Å². The van der Waals surface area contributed by atoms with Gasteiger partial charge in [-0.25, -0.2) is 0 Å². The zero-order valence-corrected chi connectivity index (χ0v) is 19.9. The van der Waals surface area contributed by atoms with Gasteiger partial charge >= 0.3 is 192 Å². The van der Waals surface area contributed by atoms with Crippen molar-refractivity contribution in [2.45, 2.75) is 32.1 Å². The van der Waals surface area contributed by atoms with E-state index in [1.807, 2.05) is 0 Å². The minimum atomic E-state index is -3.15. The molecule has 0 amide bonds. The zero-order chi connectivity index (χ0) is 21.1. The number of rotatable bonds is 11. The third-order valence-electron chi connectivity index (χ3n) is 5.75. The summed E-state index contributed by atoms with van der Waals surface area (Å²) in [6.07, 6.45) is 11.3. The molecule has 30 heavy (non-hydrogen) atoms. The van der Waals surface area contributed by atoms with Gasteiger partial charge in [-0.05, 0) is 0 Å². The van der Waals surface area contributed by atoms with Crippen LogP contribution < -0.4 is 15.9 Å². The molecule has 0 bridgehead atoms. The third kappa shape index (κ3) is 5.00. The Labute approximate surface area is 191 Å². The van der Waals surface area contributed by atoms with Crippen LogP contribution >= 0.6 is 28.8 Å². The molecule has 0 N–H and O–H groups in total. The Kier molecular flexibility index (Phi) is 8.58. The number of hydrogen-bond acceptors (Lipinski definition) is 0. The van der Waals surface area contributed by atoms with Crippen molar-refractivity contribution in [3.8, 4) is 0 Å². The van der Waals surface area contributed by atoms with Crippen LogP contribution in [0.1, 0.15) is 32.1 Å².